The first-order valence-corrected chi connectivity index (χ1v) is 4.05. The number of hydrogen-bond donors (Lipinski definition) is 1. The third kappa shape index (κ3) is 1.18. The number of imidazole rings is 1. The predicted molar refractivity (Wildman–Crippen MR) is 47.5 cm³/mol. The molecule has 70 valence electrons. The molecule has 0 unspecified atom stereocenters. The molecular formula is C9H10F2N2. The number of aryl methyl sites for hydroxylation is 1. The van der Waals surface area contributed by atoms with Gasteiger partial charge in [0.1, 0.15) is 11.3 Å². The van der Waals surface area contributed by atoms with Gasteiger partial charge in [0.15, 0.2) is 11.6 Å². The highest BCUT2D eigenvalue weighted by Crippen LogP contribution is 2.17. The van der Waals surface area contributed by atoms with Gasteiger partial charge in [0.05, 0.1) is 5.52 Å². The van der Waals surface area contributed by atoms with E-state index in [4.69, 9.17) is 0 Å². The maximum atomic E-state index is 13.1. The number of halogens is 2. The van der Waals surface area contributed by atoms with Crippen LogP contribution < -0.4 is 0 Å². The normalized spacial score (nSPS) is 11.0. The van der Waals surface area contributed by atoms with Crippen LogP contribution in [-0.2, 0) is 6.42 Å². The van der Waals surface area contributed by atoms with Gasteiger partial charge in [-0.2, -0.15) is 0 Å². The van der Waals surface area contributed by atoms with Gasteiger partial charge in [-0.15, -0.1) is 0 Å². The largest absolute Gasteiger partial charge is 0.342 e. The second-order valence-corrected chi connectivity index (χ2v) is 2.79. The Morgan fingerprint density at radius 3 is 2.92 bits per heavy atom. The average Bonchev–Trinajstić information content (AvgIpc) is 2.55. The molecule has 0 atom stereocenters. The Bertz CT molecular complexity index is 453. The molecule has 1 aromatic heterocycles. The molecule has 2 nitrogen and oxygen atoms in total. The molecule has 0 saturated carbocycles. The highest BCUT2D eigenvalue weighted by atomic mass is 19.2. The van der Waals surface area contributed by atoms with E-state index in [1.165, 1.54) is 6.07 Å². The van der Waals surface area contributed by atoms with Crippen LogP contribution in [0.2, 0.25) is 0 Å². The Kier molecular flexibility index (Phi) is 1.76. The zero-order chi connectivity index (χ0) is 9.42. The summed E-state index contributed by atoms with van der Waals surface area (Å²) in [7, 11) is 0. The highest BCUT2D eigenvalue weighted by Gasteiger charge is 2.10. The molecule has 0 bridgehead atoms. The second-order valence-electron chi connectivity index (χ2n) is 2.79. The summed E-state index contributed by atoms with van der Waals surface area (Å²) in [6.07, 6.45) is 0.676. The summed E-state index contributed by atoms with van der Waals surface area (Å²) in [5.41, 5.74) is 0.618. The van der Waals surface area contributed by atoms with Crippen molar-refractivity contribution in [3.63, 3.8) is 0 Å². The molecule has 4 heteroatoms. The fourth-order valence-electron chi connectivity index (χ4n) is 1.24. The Hall–Kier alpha value is -1.45. The van der Waals surface area contributed by atoms with Gasteiger partial charge in [-0.1, -0.05) is 6.92 Å². The molecular weight excluding hydrogens is 174 g/mol. The maximum Gasteiger partial charge on any atom is 0.186 e. The van der Waals surface area contributed by atoms with Gasteiger partial charge >= 0.3 is 0 Å². The minimum atomic E-state index is -0.881. The van der Waals surface area contributed by atoms with Crippen LogP contribution >= 0.6 is 0 Å². The van der Waals surface area contributed by atoms with E-state index in [2.05, 4.69) is 9.97 Å². The summed E-state index contributed by atoms with van der Waals surface area (Å²) in [6.45, 7) is 1.89. The van der Waals surface area contributed by atoms with Crippen molar-refractivity contribution in [2.24, 2.45) is 0 Å². The van der Waals surface area contributed by atoms with Crippen LogP contribution in [-0.4, -0.2) is 9.97 Å². The summed E-state index contributed by atoms with van der Waals surface area (Å²) in [5, 5.41) is 0. The van der Waals surface area contributed by atoms with E-state index < -0.39 is 11.6 Å². The summed E-state index contributed by atoms with van der Waals surface area (Å²) >= 11 is 0. The zero-order valence-electron chi connectivity index (χ0n) is 7.06. The number of rotatable bonds is 1. The quantitative estimate of drug-likeness (QED) is 0.725. The fourth-order valence-corrected chi connectivity index (χ4v) is 1.24. The lowest BCUT2D eigenvalue weighted by Gasteiger charge is -1.91. The molecule has 13 heavy (non-hydrogen) atoms. The Morgan fingerprint density at radius 2 is 2.23 bits per heavy atom. The van der Waals surface area contributed by atoms with Crippen molar-refractivity contribution in [3.05, 3.63) is 29.6 Å². The van der Waals surface area contributed by atoms with E-state index >= 15 is 0 Å². The van der Waals surface area contributed by atoms with Crippen LogP contribution in [0.5, 0.6) is 0 Å². The first-order chi connectivity index (χ1) is 6.22. The molecule has 1 aromatic carbocycles. The van der Waals surface area contributed by atoms with Crippen molar-refractivity contribution >= 4 is 11.0 Å². The summed E-state index contributed by atoms with van der Waals surface area (Å²) in [6, 6.07) is 2.58. The lowest BCUT2D eigenvalue weighted by Crippen LogP contribution is -1.84. The third-order valence-corrected chi connectivity index (χ3v) is 1.93. The van der Waals surface area contributed by atoms with E-state index in [1.807, 2.05) is 6.92 Å². The smallest absolute Gasteiger partial charge is 0.186 e. The fraction of sp³-hybridized carbons (Fsp3) is 0.222. The van der Waals surface area contributed by atoms with Gasteiger partial charge in [-0.25, -0.2) is 13.8 Å². The molecule has 0 spiro atoms. The summed E-state index contributed by atoms with van der Waals surface area (Å²) in [4.78, 5) is 6.82. The number of nitrogens with zero attached hydrogens (tertiary/aromatic N) is 1. The van der Waals surface area contributed by atoms with Crippen LogP contribution in [0, 0.1) is 11.6 Å². The van der Waals surface area contributed by atoms with Crippen LogP contribution in [0.15, 0.2) is 12.1 Å². The van der Waals surface area contributed by atoms with Gasteiger partial charge in [0.2, 0.25) is 0 Å². The van der Waals surface area contributed by atoms with Crippen molar-refractivity contribution in [1.29, 1.82) is 0 Å². The predicted octanol–water partition coefficient (Wildman–Crippen LogP) is 2.65. The van der Waals surface area contributed by atoms with Crippen LogP contribution in [0.25, 0.3) is 11.0 Å². The van der Waals surface area contributed by atoms with Crippen molar-refractivity contribution in [2.45, 2.75) is 13.3 Å². The number of benzene rings is 1. The van der Waals surface area contributed by atoms with Gasteiger partial charge < -0.3 is 4.98 Å². The average molecular weight is 184 g/mol. The van der Waals surface area contributed by atoms with Crippen molar-refractivity contribution < 1.29 is 10.2 Å². The maximum absolute atomic E-state index is 13.1. The molecule has 2 rings (SSSR count). The van der Waals surface area contributed by atoms with Gasteiger partial charge in [-0.3, -0.25) is 0 Å². The Labute approximate surface area is 75.1 Å². The summed E-state index contributed by atoms with van der Waals surface area (Å²) < 4.78 is 25.8. The van der Waals surface area contributed by atoms with E-state index in [9.17, 15) is 8.78 Å². The molecule has 1 heterocycles. The minimum Gasteiger partial charge on any atom is -0.342 e. The SMILES string of the molecule is CCc1nc2c(F)c(F)ccc2[nH]1.[HH]. The monoisotopic (exact) mass is 184 g/mol. The number of hydrogen-bond acceptors (Lipinski definition) is 1. The third-order valence-electron chi connectivity index (χ3n) is 1.93. The molecule has 0 aliphatic rings. The first-order valence-electron chi connectivity index (χ1n) is 4.05. The molecule has 0 amide bonds. The number of fused-ring (bicyclic) bond motifs is 1. The van der Waals surface area contributed by atoms with E-state index in [0.717, 1.165) is 6.07 Å². The lowest BCUT2D eigenvalue weighted by atomic mass is 10.3. The highest BCUT2D eigenvalue weighted by molar-refractivity contribution is 5.75. The van der Waals surface area contributed by atoms with E-state index in [0.29, 0.717) is 17.8 Å². The molecule has 0 radical (unpaired) electrons. The molecule has 0 aliphatic heterocycles. The molecule has 2 aromatic rings. The summed E-state index contributed by atoms with van der Waals surface area (Å²) in [5.74, 6) is -1.07. The second kappa shape index (κ2) is 2.80. The standard InChI is InChI=1S/C9H8F2N2.H2/c1-2-7-12-6-4-3-5(10)8(11)9(6)13-7;/h3-4H,2H2,1H3,(H,12,13);1H. The molecule has 0 saturated heterocycles. The van der Waals surface area contributed by atoms with Crippen LogP contribution in [0.4, 0.5) is 8.78 Å². The van der Waals surface area contributed by atoms with Crippen molar-refractivity contribution in [2.75, 3.05) is 0 Å². The van der Waals surface area contributed by atoms with Crippen molar-refractivity contribution in [3.8, 4) is 0 Å². The van der Waals surface area contributed by atoms with Crippen molar-refractivity contribution in [1.82, 2.24) is 9.97 Å². The number of nitrogens with one attached hydrogen (secondary N) is 1. The molecule has 0 aliphatic carbocycles. The van der Waals surface area contributed by atoms with E-state index in [-0.39, 0.29) is 6.94 Å². The molecule has 1 N–H and O–H groups in total. The number of aromatic amines is 1. The minimum absolute atomic E-state index is 0. The lowest BCUT2D eigenvalue weighted by molar-refractivity contribution is 0.515. The topological polar surface area (TPSA) is 28.7 Å². The van der Waals surface area contributed by atoms with Gasteiger partial charge in [0.25, 0.3) is 0 Å². The molecule has 0 fully saturated rings. The van der Waals surface area contributed by atoms with Crippen LogP contribution in [0.3, 0.4) is 0 Å². The van der Waals surface area contributed by atoms with Gasteiger partial charge in [-0.05, 0) is 12.1 Å². The van der Waals surface area contributed by atoms with Crippen LogP contribution in [0.1, 0.15) is 14.2 Å². The number of aromatic nitrogens is 2. The van der Waals surface area contributed by atoms with E-state index in [1.54, 1.807) is 0 Å². The first kappa shape index (κ1) is 8.16. The Balaban J connectivity index is 0.000000980. The van der Waals surface area contributed by atoms with Gasteiger partial charge in [0, 0.05) is 7.85 Å². The number of H-pyrrole nitrogens is 1. The Morgan fingerprint density at radius 1 is 1.46 bits per heavy atom. The zero-order valence-corrected chi connectivity index (χ0v) is 7.06.